The molecular weight excluding hydrogens is 428 g/mol. The first-order chi connectivity index (χ1) is 15.3. The van der Waals surface area contributed by atoms with Crippen LogP contribution in [0.5, 0.6) is 5.75 Å². The van der Waals surface area contributed by atoms with Crippen molar-refractivity contribution in [2.24, 2.45) is 0 Å². The minimum absolute atomic E-state index is 0.00594. The Bertz CT molecular complexity index is 1010. The van der Waals surface area contributed by atoms with Gasteiger partial charge in [-0.15, -0.1) is 0 Å². The van der Waals surface area contributed by atoms with Crippen LogP contribution < -0.4 is 31.9 Å². The number of aromatic amines is 1. The van der Waals surface area contributed by atoms with Crippen molar-refractivity contribution in [3.63, 3.8) is 0 Å². The van der Waals surface area contributed by atoms with E-state index < -0.39 is 23.8 Å². The van der Waals surface area contributed by atoms with Crippen LogP contribution in [-0.4, -0.2) is 48.9 Å². The molecule has 0 radical (unpaired) electrons. The first-order valence-electron chi connectivity index (χ1n) is 9.98. The van der Waals surface area contributed by atoms with Crippen LogP contribution in [-0.2, 0) is 16.1 Å². The zero-order valence-electron chi connectivity index (χ0n) is 17.9. The number of anilines is 3. The number of ether oxygens (including phenoxy) is 2. The predicted molar refractivity (Wildman–Crippen MR) is 116 cm³/mol. The number of nitrogens with zero attached hydrogens (tertiary/aromatic N) is 2. The largest absolute Gasteiger partial charge is 0.435 e. The molecule has 1 aromatic heterocycles. The van der Waals surface area contributed by atoms with Crippen molar-refractivity contribution in [3.05, 3.63) is 45.1 Å². The summed E-state index contributed by atoms with van der Waals surface area (Å²) >= 11 is 0. The number of carbonyl (C=O) groups excluding carboxylic acids is 1. The van der Waals surface area contributed by atoms with Gasteiger partial charge < -0.3 is 25.4 Å². The zero-order valence-corrected chi connectivity index (χ0v) is 17.9. The number of aromatic nitrogens is 2. The molecule has 1 heterocycles. The second-order valence-electron chi connectivity index (χ2n) is 6.86. The van der Waals surface area contributed by atoms with Gasteiger partial charge in [0.1, 0.15) is 17.3 Å². The molecule has 0 fully saturated rings. The molecule has 2 aromatic rings. The summed E-state index contributed by atoms with van der Waals surface area (Å²) in [7, 11) is 1.47. The number of carbonyl (C=O) groups is 1. The van der Waals surface area contributed by atoms with Crippen molar-refractivity contribution in [1.29, 1.82) is 0 Å². The van der Waals surface area contributed by atoms with Crippen LogP contribution in [0.4, 0.5) is 26.0 Å². The number of nitrogens with two attached hydrogens (primary N) is 1. The maximum absolute atomic E-state index is 12.6. The third-order valence-electron chi connectivity index (χ3n) is 4.53. The molecular formula is C20H27F2N5O5. The molecule has 4 N–H and O–H groups in total. The summed E-state index contributed by atoms with van der Waals surface area (Å²) in [6.07, 6.45) is 1.50. The molecule has 1 amide bonds. The minimum Gasteiger partial charge on any atom is -0.435 e. The molecule has 32 heavy (non-hydrogen) atoms. The fourth-order valence-electron chi connectivity index (χ4n) is 2.99. The van der Waals surface area contributed by atoms with Crippen molar-refractivity contribution in [3.8, 4) is 5.75 Å². The quantitative estimate of drug-likeness (QED) is 0.443. The molecule has 10 nitrogen and oxygen atoms in total. The summed E-state index contributed by atoms with van der Waals surface area (Å²) in [6, 6.07) is 5.38. The van der Waals surface area contributed by atoms with E-state index in [9.17, 15) is 23.2 Å². The fraction of sp³-hybridized carbons (Fsp3) is 0.450. The summed E-state index contributed by atoms with van der Waals surface area (Å²) in [4.78, 5) is 40.9. The van der Waals surface area contributed by atoms with Gasteiger partial charge in [0.25, 0.3) is 5.56 Å². The lowest BCUT2D eigenvalue weighted by molar-refractivity contribution is -0.115. The Kier molecular flexibility index (Phi) is 9.20. The normalized spacial score (nSPS) is 10.9. The summed E-state index contributed by atoms with van der Waals surface area (Å²) in [5, 5.41) is 2.61. The molecule has 0 spiro atoms. The number of rotatable bonds is 12. The molecule has 0 saturated carbocycles. The molecule has 176 valence electrons. The molecule has 0 aliphatic rings. The van der Waals surface area contributed by atoms with Crippen LogP contribution in [0.1, 0.15) is 19.8 Å². The van der Waals surface area contributed by atoms with E-state index in [4.69, 9.17) is 10.5 Å². The Labute approximate surface area is 182 Å². The van der Waals surface area contributed by atoms with Gasteiger partial charge in [-0.2, -0.15) is 8.78 Å². The summed E-state index contributed by atoms with van der Waals surface area (Å²) in [5.74, 6) is -0.577. The van der Waals surface area contributed by atoms with E-state index in [1.807, 2.05) is 6.92 Å². The monoisotopic (exact) mass is 455 g/mol. The van der Waals surface area contributed by atoms with Gasteiger partial charge in [-0.25, -0.2) is 4.79 Å². The maximum atomic E-state index is 12.6. The number of nitrogen functional groups attached to an aromatic ring is 1. The van der Waals surface area contributed by atoms with E-state index in [1.54, 1.807) is 0 Å². The summed E-state index contributed by atoms with van der Waals surface area (Å²) in [6.45, 7) is -0.589. The number of hydrogen-bond donors (Lipinski definition) is 3. The molecule has 0 aliphatic carbocycles. The van der Waals surface area contributed by atoms with Crippen molar-refractivity contribution in [1.82, 2.24) is 9.55 Å². The highest BCUT2D eigenvalue weighted by Crippen LogP contribution is 2.19. The molecule has 0 atom stereocenters. The number of halogens is 2. The van der Waals surface area contributed by atoms with Gasteiger partial charge in [0.2, 0.25) is 5.91 Å². The lowest BCUT2D eigenvalue weighted by Gasteiger charge is -2.25. The van der Waals surface area contributed by atoms with Gasteiger partial charge in [-0.05, 0) is 30.7 Å². The lowest BCUT2D eigenvalue weighted by atomic mass is 10.3. The number of amides is 1. The predicted octanol–water partition coefficient (Wildman–Crippen LogP) is 1.61. The summed E-state index contributed by atoms with van der Waals surface area (Å²) < 4.78 is 35.1. The highest BCUT2D eigenvalue weighted by atomic mass is 19.3. The van der Waals surface area contributed by atoms with Crippen molar-refractivity contribution in [2.75, 3.05) is 42.8 Å². The van der Waals surface area contributed by atoms with E-state index in [-0.39, 0.29) is 37.0 Å². The zero-order chi connectivity index (χ0) is 23.7. The van der Waals surface area contributed by atoms with Gasteiger partial charge >= 0.3 is 12.3 Å². The second kappa shape index (κ2) is 11.8. The number of methoxy groups -OCH3 is 1. The van der Waals surface area contributed by atoms with Crippen molar-refractivity contribution < 1.29 is 23.0 Å². The molecule has 1 aromatic carbocycles. The fourth-order valence-corrected chi connectivity index (χ4v) is 2.99. The van der Waals surface area contributed by atoms with Crippen LogP contribution in [0.3, 0.4) is 0 Å². The SMILES string of the molecule is CCCCn1c(N)c(N(CCOC)CC(=O)Nc2ccc(OC(F)F)cc2)c(=O)[nH]c1=O. The molecule has 2 rings (SSSR count). The highest BCUT2D eigenvalue weighted by Gasteiger charge is 2.21. The van der Waals surface area contributed by atoms with Crippen LogP contribution in [0.15, 0.2) is 33.9 Å². The maximum Gasteiger partial charge on any atom is 0.387 e. The number of alkyl halides is 2. The van der Waals surface area contributed by atoms with Gasteiger partial charge in [0, 0.05) is 25.9 Å². The van der Waals surface area contributed by atoms with E-state index in [2.05, 4.69) is 15.0 Å². The molecule has 0 saturated heterocycles. The average molecular weight is 455 g/mol. The Morgan fingerprint density at radius 2 is 1.97 bits per heavy atom. The van der Waals surface area contributed by atoms with E-state index >= 15 is 0 Å². The molecule has 12 heteroatoms. The van der Waals surface area contributed by atoms with E-state index in [0.29, 0.717) is 18.7 Å². The van der Waals surface area contributed by atoms with Gasteiger partial charge in [-0.1, -0.05) is 13.3 Å². The van der Waals surface area contributed by atoms with Gasteiger partial charge in [-0.3, -0.25) is 19.1 Å². The average Bonchev–Trinajstić information content (AvgIpc) is 2.72. The number of hydrogen-bond acceptors (Lipinski definition) is 7. The van der Waals surface area contributed by atoms with E-state index in [1.165, 1.54) is 40.8 Å². The molecule has 0 bridgehead atoms. The van der Waals surface area contributed by atoms with Crippen LogP contribution in [0.25, 0.3) is 0 Å². The lowest BCUT2D eigenvalue weighted by Crippen LogP contribution is -2.42. The smallest absolute Gasteiger partial charge is 0.387 e. The second-order valence-corrected chi connectivity index (χ2v) is 6.86. The number of unbranched alkanes of at least 4 members (excludes halogenated alkanes) is 1. The van der Waals surface area contributed by atoms with Crippen LogP contribution in [0, 0.1) is 0 Å². The highest BCUT2D eigenvalue weighted by molar-refractivity contribution is 5.94. The van der Waals surface area contributed by atoms with Crippen LogP contribution in [0.2, 0.25) is 0 Å². The number of H-pyrrole nitrogens is 1. The number of benzene rings is 1. The number of nitrogens with one attached hydrogen (secondary N) is 2. The Morgan fingerprint density at radius 1 is 1.28 bits per heavy atom. The minimum atomic E-state index is -2.95. The molecule has 0 aliphatic heterocycles. The third-order valence-corrected chi connectivity index (χ3v) is 4.53. The van der Waals surface area contributed by atoms with E-state index in [0.717, 1.165) is 6.42 Å². The van der Waals surface area contributed by atoms with Crippen molar-refractivity contribution in [2.45, 2.75) is 32.9 Å². The van der Waals surface area contributed by atoms with Crippen molar-refractivity contribution >= 4 is 23.1 Å². The third kappa shape index (κ3) is 6.80. The van der Waals surface area contributed by atoms with Gasteiger partial charge in [0.05, 0.1) is 13.2 Å². The standard InChI is InChI=1S/C20H27F2N5O5/c1-3-4-9-27-17(23)16(18(29)25-20(27)30)26(10-11-31-2)12-15(28)24-13-5-7-14(8-6-13)32-19(21)22/h5-8,19H,3-4,9-12,23H2,1-2H3,(H,24,28)(H,25,29,30). The summed E-state index contributed by atoms with van der Waals surface area (Å²) in [5.41, 5.74) is 5.15. The topological polar surface area (TPSA) is 132 Å². The first kappa shape index (κ1) is 24.9. The first-order valence-corrected chi connectivity index (χ1v) is 9.98. The Morgan fingerprint density at radius 3 is 2.56 bits per heavy atom. The van der Waals surface area contributed by atoms with Gasteiger partial charge in [0.15, 0.2) is 0 Å². The molecule has 0 unspecified atom stereocenters. The van der Waals surface area contributed by atoms with Crippen LogP contribution >= 0.6 is 0 Å². The Balaban J connectivity index is 2.24. The Hall–Kier alpha value is -3.41.